The van der Waals surface area contributed by atoms with E-state index in [9.17, 15) is 10.00 Å². The molecule has 2 aromatic rings. The largest absolute Gasteiger partial charge is 0.388 e. The molecule has 3 heterocycles. The zero-order valence-electron chi connectivity index (χ0n) is 12.1. The van der Waals surface area contributed by atoms with Crippen LogP contribution in [0, 0.1) is 0 Å². The number of imidazole rings is 1. The van der Waals surface area contributed by atoms with Gasteiger partial charge in [-0.25, -0.2) is 15.0 Å². The summed E-state index contributed by atoms with van der Waals surface area (Å²) in [6, 6.07) is 0. The molecule has 0 aliphatic carbocycles. The van der Waals surface area contributed by atoms with Gasteiger partial charge >= 0.3 is 6.72 Å². The highest BCUT2D eigenvalue weighted by Crippen LogP contribution is 2.43. The molecule has 1 fully saturated rings. The van der Waals surface area contributed by atoms with Gasteiger partial charge < -0.3 is 29.5 Å². The Balaban J connectivity index is 1.76. The Hall–Kier alpha value is -1.20. The summed E-state index contributed by atoms with van der Waals surface area (Å²) in [6.07, 6.45) is 1.18. The summed E-state index contributed by atoms with van der Waals surface area (Å²) < 4.78 is 17.2. The number of anilines is 1. The number of fused-ring (bicyclic) bond motifs is 1. The summed E-state index contributed by atoms with van der Waals surface area (Å²) in [5, 5.41) is 10.2. The Bertz CT molecular complexity index is 757. The summed E-state index contributed by atoms with van der Waals surface area (Å²) in [5.41, 5.74) is 6.64. The third-order valence-corrected chi connectivity index (χ3v) is 5.18. The van der Waals surface area contributed by atoms with Gasteiger partial charge in [0.2, 0.25) is 0 Å². The number of nitrogens with zero attached hydrogens (tertiary/aromatic N) is 4. The van der Waals surface area contributed by atoms with Gasteiger partial charge in [0.15, 0.2) is 17.7 Å². The maximum absolute atomic E-state index is 10.2. The molecule has 0 spiro atoms. The van der Waals surface area contributed by atoms with Crippen molar-refractivity contribution in [1.29, 1.82) is 0 Å². The molecular weight excluding hydrogens is 345 g/mol. The molecule has 0 amide bonds. The van der Waals surface area contributed by atoms with E-state index in [0.29, 0.717) is 17.6 Å². The van der Waals surface area contributed by atoms with Crippen molar-refractivity contribution in [2.45, 2.75) is 24.9 Å². The highest BCUT2D eigenvalue weighted by Gasteiger charge is 2.37. The summed E-state index contributed by atoms with van der Waals surface area (Å²) in [4.78, 5) is 21.7. The first-order valence-electron chi connectivity index (χ1n) is 6.71. The number of aliphatic hydroxyl groups excluding tert-OH is 1. The summed E-state index contributed by atoms with van der Waals surface area (Å²) in [6.45, 7) is -3.24. The van der Waals surface area contributed by atoms with Gasteiger partial charge in [-0.15, -0.1) is 0 Å². The fourth-order valence-corrected chi connectivity index (χ4v) is 3.02. The quantitative estimate of drug-likeness (QED) is 0.621. The smallest absolute Gasteiger partial charge is 0.324 e. The second-order valence-corrected chi connectivity index (χ2v) is 7.93. The molecule has 1 unspecified atom stereocenters. The minimum absolute atomic E-state index is 0.0128. The first-order chi connectivity index (χ1) is 10.9. The molecule has 0 saturated carbocycles. The van der Waals surface area contributed by atoms with Gasteiger partial charge in [0.1, 0.15) is 17.9 Å². The highest BCUT2D eigenvalue weighted by atomic mass is 32.5. The summed E-state index contributed by atoms with van der Waals surface area (Å²) in [7, 11) is 1.27. The van der Waals surface area contributed by atoms with Crippen LogP contribution < -0.4 is 5.73 Å². The molecular formula is C11H16N5O5PS. The van der Waals surface area contributed by atoms with Crippen LogP contribution >= 0.6 is 6.72 Å². The van der Waals surface area contributed by atoms with Gasteiger partial charge in [-0.3, -0.25) is 4.57 Å². The van der Waals surface area contributed by atoms with E-state index in [1.165, 1.54) is 19.8 Å². The predicted molar refractivity (Wildman–Crippen MR) is 83.7 cm³/mol. The van der Waals surface area contributed by atoms with Crippen LogP contribution in [0.25, 0.3) is 11.2 Å². The summed E-state index contributed by atoms with van der Waals surface area (Å²) >= 11 is 4.75. The molecule has 23 heavy (non-hydrogen) atoms. The van der Waals surface area contributed by atoms with Crippen molar-refractivity contribution in [2.75, 3.05) is 19.5 Å². The molecule has 126 valence electrons. The number of nitrogens with two attached hydrogens (primary N) is 1. The van der Waals surface area contributed by atoms with Gasteiger partial charge in [0.05, 0.1) is 19.0 Å². The van der Waals surface area contributed by atoms with Crippen LogP contribution in [0.15, 0.2) is 12.7 Å². The van der Waals surface area contributed by atoms with Crippen LogP contribution in [0.3, 0.4) is 0 Å². The molecule has 10 nitrogen and oxygen atoms in total. The average Bonchev–Trinajstić information content (AvgIpc) is 3.09. The van der Waals surface area contributed by atoms with Crippen LogP contribution in [-0.2, 0) is 25.6 Å². The number of hydrogen-bond donors (Lipinski definition) is 3. The number of nitrogen functional groups attached to an aromatic ring is 1. The Kier molecular flexibility index (Phi) is 4.61. The number of aromatic nitrogens is 4. The Morgan fingerprint density at radius 2 is 2.30 bits per heavy atom. The second-order valence-electron chi connectivity index (χ2n) is 4.98. The lowest BCUT2D eigenvalue weighted by Gasteiger charge is -2.18. The van der Waals surface area contributed by atoms with Crippen LogP contribution in [0.5, 0.6) is 0 Å². The number of aliphatic hydroxyl groups is 1. The van der Waals surface area contributed by atoms with Crippen molar-refractivity contribution in [1.82, 2.24) is 19.5 Å². The zero-order valence-corrected chi connectivity index (χ0v) is 13.9. The van der Waals surface area contributed by atoms with E-state index in [4.69, 9.17) is 26.8 Å². The summed E-state index contributed by atoms with van der Waals surface area (Å²) in [5.74, 6) is 0.252. The Labute approximate surface area is 136 Å². The third kappa shape index (κ3) is 3.36. The topological polar surface area (TPSA) is 138 Å². The first kappa shape index (κ1) is 16.7. The van der Waals surface area contributed by atoms with Gasteiger partial charge in [-0.2, -0.15) is 0 Å². The normalized spacial score (nSPS) is 27.3. The SMILES string of the molecule is COP(O)(=S)OC[C@@H]1C[C@@H](O)[C@H](n2cnc3c(N)ncnc32)O1. The standard InChI is InChI=1S/C11H16N5O5PS/c1-19-22(18,23)20-3-6-2-7(17)11(21-6)16-5-15-8-9(12)13-4-14-10(8)16/h4-7,11,17H,2-3H2,1H3,(H,18,23)(H2,12,13,14)/t6-,7+,11+,22?/m0/s1. The number of ether oxygens (including phenoxy) is 1. The molecule has 1 saturated heterocycles. The van der Waals surface area contributed by atoms with E-state index < -0.39 is 25.2 Å². The maximum atomic E-state index is 10.2. The lowest BCUT2D eigenvalue weighted by Crippen LogP contribution is -2.19. The maximum Gasteiger partial charge on any atom is 0.324 e. The van der Waals surface area contributed by atoms with Crippen molar-refractivity contribution in [3.63, 3.8) is 0 Å². The van der Waals surface area contributed by atoms with E-state index >= 15 is 0 Å². The molecule has 0 radical (unpaired) electrons. The van der Waals surface area contributed by atoms with E-state index in [1.807, 2.05) is 0 Å². The van der Waals surface area contributed by atoms with Crippen molar-refractivity contribution < 1.29 is 23.8 Å². The molecule has 2 aromatic heterocycles. The average molecular weight is 361 g/mol. The first-order valence-corrected chi connectivity index (χ1v) is 9.30. The van der Waals surface area contributed by atoms with Crippen LogP contribution in [0.4, 0.5) is 5.82 Å². The van der Waals surface area contributed by atoms with Crippen molar-refractivity contribution in [2.24, 2.45) is 0 Å². The monoisotopic (exact) mass is 361 g/mol. The Morgan fingerprint density at radius 3 is 3.04 bits per heavy atom. The lowest BCUT2D eigenvalue weighted by atomic mass is 10.2. The molecule has 1 aliphatic heterocycles. The van der Waals surface area contributed by atoms with E-state index in [0.717, 1.165) is 0 Å². The molecule has 4 atom stereocenters. The molecule has 1 aliphatic rings. The van der Waals surface area contributed by atoms with Crippen LogP contribution in [-0.4, -0.2) is 55.4 Å². The van der Waals surface area contributed by atoms with Crippen LogP contribution in [0.2, 0.25) is 0 Å². The van der Waals surface area contributed by atoms with Crippen molar-refractivity contribution in [3.8, 4) is 0 Å². The molecule has 12 heteroatoms. The molecule has 0 bridgehead atoms. The van der Waals surface area contributed by atoms with E-state index in [1.54, 1.807) is 4.57 Å². The minimum Gasteiger partial charge on any atom is -0.388 e. The fraction of sp³-hybridized carbons (Fsp3) is 0.545. The van der Waals surface area contributed by atoms with Crippen LogP contribution in [0.1, 0.15) is 12.6 Å². The number of rotatable bonds is 5. The van der Waals surface area contributed by atoms with E-state index in [-0.39, 0.29) is 12.4 Å². The van der Waals surface area contributed by atoms with Gasteiger partial charge in [0.25, 0.3) is 0 Å². The molecule has 0 aromatic carbocycles. The van der Waals surface area contributed by atoms with E-state index in [2.05, 4.69) is 19.5 Å². The minimum atomic E-state index is -3.26. The predicted octanol–water partition coefficient (Wildman–Crippen LogP) is -0.0633. The zero-order chi connectivity index (χ0) is 16.6. The van der Waals surface area contributed by atoms with Gasteiger partial charge in [-0.1, -0.05) is 0 Å². The lowest BCUT2D eigenvalue weighted by molar-refractivity contribution is -0.0470. The second kappa shape index (κ2) is 6.36. The molecule has 3 rings (SSSR count). The Morgan fingerprint density at radius 1 is 1.52 bits per heavy atom. The third-order valence-electron chi connectivity index (χ3n) is 3.48. The number of hydrogen-bond acceptors (Lipinski definition) is 9. The fourth-order valence-electron chi connectivity index (χ4n) is 2.37. The van der Waals surface area contributed by atoms with Crippen molar-refractivity contribution in [3.05, 3.63) is 12.7 Å². The van der Waals surface area contributed by atoms with Crippen molar-refractivity contribution >= 4 is 35.5 Å². The van der Waals surface area contributed by atoms with Gasteiger partial charge in [-0.05, 0) is 11.8 Å². The van der Waals surface area contributed by atoms with Gasteiger partial charge in [0, 0.05) is 13.5 Å². The molecule has 4 N–H and O–H groups in total. The highest BCUT2D eigenvalue weighted by molar-refractivity contribution is 8.07.